The molecule has 0 atom stereocenters. The third kappa shape index (κ3) is 3.79. The molecule has 0 aromatic carbocycles. The summed E-state index contributed by atoms with van der Waals surface area (Å²) >= 11 is 0. The van der Waals surface area contributed by atoms with Crippen LogP contribution in [0.2, 0.25) is 0 Å². The molecule has 0 bridgehead atoms. The summed E-state index contributed by atoms with van der Waals surface area (Å²) in [4.78, 5) is 22.9. The molecule has 5 heteroatoms. The molecule has 1 fully saturated rings. The van der Waals surface area contributed by atoms with Crippen LogP contribution >= 0.6 is 0 Å². The molecule has 5 nitrogen and oxygen atoms in total. The normalized spacial score (nSPS) is 15.6. The molecule has 2 rings (SSSR count). The van der Waals surface area contributed by atoms with Gasteiger partial charge in [-0.3, -0.25) is 4.79 Å². The number of amides is 1. The quantitative estimate of drug-likeness (QED) is 0.854. The highest BCUT2D eigenvalue weighted by Crippen LogP contribution is 2.18. The molecule has 108 valence electrons. The summed E-state index contributed by atoms with van der Waals surface area (Å²) in [5.41, 5.74) is 0.429. The fourth-order valence-corrected chi connectivity index (χ4v) is 2.39. The second-order valence-corrected chi connectivity index (χ2v) is 5.06. The standard InChI is InChI=1S/C15H22N4O/c1-3-8-16-15(20)13-11-14(18-12(2)17-13)19-9-6-4-5-7-10-19/h3,11H,1,4-10H2,2H3,(H,16,20). The first-order valence-corrected chi connectivity index (χ1v) is 7.20. The Morgan fingerprint density at radius 1 is 1.35 bits per heavy atom. The minimum atomic E-state index is -0.175. The van der Waals surface area contributed by atoms with Crippen molar-refractivity contribution in [2.24, 2.45) is 0 Å². The summed E-state index contributed by atoms with van der Waals surface area (Å²) < 4.78 is 0. The molecule has 1 aliphatic rings. The first kappa shape index (κ1) is 14.5. The molecule has 1 N–H and O–H groups in total. The summed E-state index contributed by atoms with van der Waals surface area (Å²) in [5.74, 6) is 1.32. The Bertz CT molecular complexity index is 479. The maximum Gasteiger partial charge on any atom is 0.270 e. The van der Waals surface area contributed by atoms with E-state index in [1.54, 1.807) is 12.1 Å². The van der Waals surface area contributed by atoms with E-state index in [1.807, 2.05) is 6.92 Å². The predicted octanol–water partition coefficient (Wildman–Crippen LogP) is 2.08. The van der Waals surface area contributed by atoms with Gasteiger partial charge in [-0.25, -0.2) is 9.97 Å². The molecule has 1 saturated heterocycles. The van der Waals surface area contributed by atoms with Crippen LogP contribution in [0.3, 0.4) is 0 Å². The Morgan fingerprint density at radius 3 is 2.70 bits per heavy atom. The molecule has 0 unspecified atom stereocenters. The van der Waals surface area contributed by atoms with E-state index in [1.165, 1.54) is 25.7 Å². The number of aromatic nitrogens is 2. The van der Waals surface area contributed by atoms with Crippen molar-refractivity contribution < 1.29 is 4.79 Å². The number of nitrogens with one attached hydrogen (secondary N) is 1. The number of hydrogen-bond acceptors (Lipinski definition) is 4. The zero-order valence-electron chi connectivity index (χ0n) is 12.1. The Labute approximate surface area is 120 Å². The first-order chi connectivity index (χ1) is 9.70. The number of carbonyl (C=O) groups excluding carboxylic acids is 1. The average molecular weight is 274 g/mol. The lowest BCUT2D eigenvalue weighted by molar-refractivity contribution is 0.0952. The first-order valence-electron chi connectivity index (χ1n) is 7.20. The Morgan fingerprint density at radius 2 is 2.05 bits per heavy atom. The minimum absolute atomic E-state index is 0.175. The van der Waals surface area contributed by atoms with Crippen LogP contribution in [0.15, 0.2) is 18.7 Å². The number of hydrogen-bond donors (Lipinski definition) is 1. The highest BCUT2D eigenvalue weighted by atomic mass is 16.1. The van der Waals surface area contributed by atoms with Crippen molar-refractivity contribution in [2.45, 2.75) is 32.6 Å². The monoisotopic (exact) mass is 274 g/mol. The molecule has 0 radical (unpaired) electrons. The van der Waals surface area contributed by atoms with E-state index < -0.39 is 0 Å². The Kier molecular flexibility index (Phi) is 5.09. The third-order valence-corrected chi connectivity index (χ3v) is 3.39. The smallest absolute Gasteiger partial charge is 0.270 e. The van der Waals surface area contributed by atoms with E-state index in [0.29, 0.717) is 18.1 Å². The maximum absolute atomic E-state index is 12.0. The molecule has 20 heavy (non-hydrogen) atoms. The van der Waals surface area contributed by atoms with Crippen LogP contribution in [-0.2, 0) is 0 Å². The number of anilines is 1. The molecule has 1 aromatic heterocycles. The molecular formula is C15H22N4O. The van der Waals surface area contributed by atoms with Crippen LogP contribution in [0.1, 0.15) is 42.0 Å². The molecular weight excluding hydrogens is 252 g/mol. The minimum Gasteiger partial charge on any atom is -0.356 e. The summed E-state index contributed by atoms with van der Waals surface area (Å²) in [5, 5.41) is 2.75. The second kappa shape index (κ2) is 7.03. The van der Waals surface area contributed by atoms with E-state index in [0.717, 1.165) is 18.9 Å². The largest absolute Gasteiger partial charge is 0.356 e. The fourth-order valence-electron chi connectivity index (χ4n) is 2.39. The van der Waals surface area contributed by atoms with Crippen molar-refractivity contribution >= 4 is 11.7 Å². The van der Waals surface area contributed by atoms with E-state index in [9.17, 15) is 4.79 Å². The second-order valence-electron chi connectivity index (χ2n) is 5.06. The summed E-state index contributed by atoms with van der Waals surface area (Å²) in [6, 6.07) is 1.79. The zero-order chi connectivity index (χ0) is 14.4. The van der Waals surface area contributed by atoms with Crippen molar-refractivity contribution in [1.29, 1.82) is 0 Å². The number of aryl methyl sites for hydroxylation is 1. The van der Waals surface area contributed by atoms with Gasteiger partial charge in [0.15, 0.2) is 0 Å². The number of carbonyl (C=O) groups is 1. The lowest BCUT2D eigenvalue weighted by atomic mass is 10.2. The highest BCUT2D eigenvalue weighted by Gasteiger charge is 2.15. The fraction of sp³-hybridized carbons (Fsp3) is 0.533. The SMILES string of the molecule is C=CCNC(=O)c1cc(N2CCCCCC2)nc(C)n1. The van der Waals surface area contributed by atoms with Gasteiger partial charge in [0, 0.05) is 25.7 Å². The average Bonchev–Trinajstić information content (AvgIpc) is 2.73. The van der Waals surface area contributed by atoms with Crippen LogP contribution < -0.4 is 10.2 Å². The maximum atomic E-state index is 12.0. The molecule has 0 saturated carbocycles. The number of nitrogens with zero attached hydrogens (tertiary/aromatic N) is 3. The predicted molar refractivity (Wildman–Crippen MR) is 80.0 cm³/mol. The Balaban J connectivity index is 2.18. The van der Waals surface area contributed by atoms with Gasteiger partial charge in [-0.1, -0.05) is 18.9 Å². The van der Waals surface area contributed by atoms with Crippen molar-refractivity contribution in [2.75, 3.05) is 24.5 Å². The van der Waals surface area contributed by atoms with Crippen molar-refractivity contribution in [1.82, 2.24) is 15.3 Å². The van der Waals surface area contributed by atoms with Crippen molar-refractivity contribution in [3.63, 3.8) is 0 Å². The van der Waals surface area contributed by atoms with Gasteiger partial charge in [-0.2, -0.15) is 0 Å². The van der Waals surface area contributed by atoms with Crippen LogP contribution in [0.5, 0.6) is 0 Å². The Hall–Kier alpha value is -1.91. The van der Waals surface area contributed by atoms with Crippen molar-refractivity contribution in [3.05, 3.63) is 30.2 Å². The van der Waals surface area contributed by atoms with Crippen LogP contribution in [-0.4, -0.2) is 35.5 Å². The molecule has 1 aliphatic heterocycles. The summed E-state index contributed by atoms with van der Waals surface area (Å²) in [6.45, 7) is 7.87. The van der Waals surface area contributed by atoms with Gasteiger partial charge in [-0.15, -0.1) is 6.58 Å². The topological polar surface area (TPSA) is 58.1 Å². The van der Waals surface area contributed by atoms with Gasteiger partial charge in [0.1, 0.15) is 17.3 Å². The molecule has 0 aliphatic carbocycles. The molecule has 1 amide bonds. The lowest BCUT2D eigenvalue weighted by Crippen LogP contribution is -2.28. The molecule has 1 aromatic rings. The molecule has 0 spiro atoms. The van der Waals surface area contributed by atoms with Crippen molar-refractivity contribution in [3.8, 4) is 0 Å². The van der Waals surface area contributed by atoms with Crippen LogP contribution in [0, 0.1) is 6.92 Å². The molecule has 2 heterocycles. The van der Waals surface area contributed by atoms with E-state index in [2.05, 4.69) is 26.8 Å². The van der Waals surface area contributed by atoms with Gasteiger partial charge < -0.3 is 10.2 Å². The number of rotatable bonds is 4. The van der Waals surface area contributed by atoms with E-state index in [4.69, 9.17) is 0 Å². The van der Waals surface area contributed by atoms with Gasteiger partial charge in [0.05, 0.1) is 0 Å². The van der Waals surface area contributed by atoms with Gasteiger partial charge in [0.25, 0.3) is 5.91 Å². The van der Waals surface area contributed by atoms with Crippen LogP contribution in [0.25, 0.3) is 0 Å². The zero-order valence-corrected chi connectivity index (χ0v) is 12.1. The summed E-state index contributed by atoms with van der Waals surface area (Å²) in [6.07, 6.45) is 6.56. The lowest BCUT2D eigenvalue weighted by Gasteiger charge is -2.22. The third-order valence-electron chi connectivity index (χ3n) is 3.39. The van der Waals surface area contributed by atoms with E-state index >= 15 is 0 Å². The summed E-state index contributed by atoms with van der Waals surface area (Å²) in [7, 11) is 0. The highest BCUT2D eigenvalue weighted by molar-refractivity contribution is 5.93. The van der Waals surface area contributed by atoms with E-state index in [-0.39, 0.29) is 5.91 Å². The van der Waals surface area contributed by atoms with Gasteiger partial charge >= 0.3 is 0 Å². The van der Waals surface area contributed by atoms with Gasteiger partial charge in [0.2, 0.25) is 0 Å². The van der Waals surface area contributed by atoms with Crippen LogP contribution in [0.4, 0.5) is 5.82 Å². The van der Waals surface area contributed by atoms with Gasteiger partial charge in [-0.05, 0) is 19.8 Å².